The Hall–Kier alpha value is -2.21. The van der Waals surface area contributed by atoms with Crippen molar-refractivity contribution in [2.75, 3.05) is 0 Å². The van der Waals surface area contributed by atoms with E-state index in [1.807, 2.05) is 31.2 Å². The maximum Gasteiger partial charge on any atom is 0.262 e. The molecule has 2 atom stereocenters. The first-order chi connectivity index (χ1) is 11.4. The molecule has 0 aromatic heterocycles. The van der Waals surface area contributed by atoms with E-state index < -0.39 is 11.9 Å². The standard InChI is InChI=1S/C18H15BrFNO3/c1-10(11-2-4-12(19)5-3-11)21-18(23)17-9-15(22)14-8-13(20)6-7-16(14)24-17/h2-8,10,17H,9H2,1H3,(H,21,23)/t10-,17?/m1/s1. The summed E-state index contributed by atoms with van der Waals surface area (Å²) in [6.07, 6.45) is -1.01. The van der Waals surface area contributed by atoms with Crippen molar-refractivity contribution in [2.24, 2.45) is 0 Å². The van der Waals surface area contributed by atoms with Gasteiger partial charge in [-0.3, -0.25) is 9.59 Å². The minimum atomic E-state index is -0.909. The van der Waals surface area contributed by atoms with Gasteiger partial charge < -0.3 is 10.1 Å². The molecule has 1 heterocycles. The largest absolute Gasteiger partial charge is 0.479 e. The SMILES string of the molecule is C[C@@H](NC(=O)C1CC(=O)c2cc(F)ccc2O1)c1ccc(Br)cc1. The summed E-state index contributed by atoms with van der Waals surface area (Å²) in [4.78, 5) is 24.5. The van der Waals surface area contributed by atoms with Crippen LogP contribution in [0.2, 0.25) is 0 Å². The number of hydrogen-bond donors (Lipinski definition) is 1. The molecule has 0 saturated carbocycles. The van der Waals surface area contributed by atoms with E-state index >= 15 is 0 Å². The molecular formula is C18H15BrFNO3. The summed E-state index contributed by atoms with van der Waals surface area (Å²) >= 11 is 3.36. The third kappa shape index (κ3) is 3.48. The predicted molar refractivity (Wildman–Crippen MR) is 90.5 cm³/mol. The number of carbonyl (C=O) groups excluding carboxylic acids is 2. The van der Waals surface area contributed by atoms with Gasteiger partial charge in [-0.05, 0) is 42.8 Å². The minimum Gasteiger partial charge on any atom is -0.479 e. The molecule has 0 aliphatic carbocycles. The molecule has 3 rings (SSSR count). The number of nitrogens with one attached hydrogen (secondary N) is 1. The van der Waals surface area contributed by atoms with Crippen LogP contribution in [0.5, 0.6) is 5.75 Å². The van der Waals surface area contributed by atoms with Crippen LogP contribution in [0.1, 0.15) is 35.3 Å². The molecular weight excluding hydrogens is 377 g/mol. The molecule has 1 aliphatic rings. The van der Waals surface area contributed by atoms with Gasteiger partial charge in [0, 0.05) is 4.47 Å². The Labute approximate surface area is 147 Å². The van der Waals surface area contributed by atoms with E-state index in [1.54, 1.807) is 0 Å². The summed E-state index contributed by atoms with van der Waals surface area (Å²) in [7, 11) is 0. The summed E-state index contributed by atoms with van der Waals surface area (Å²) in [6, 6.07) is 11.1. The van der Waals surface area contributed by atoms with Crippen LogP contribution < -0.4 is 10.1 Å². The summed E-state index contributed by atoms with van der Waals surface area (Å²) in [6.45, 7) is 1.86. The fourth-order valence-electron chi connectivity index (χ4n) is 2.58. The average molecular weight is 392 g/mol. The first-order valence-electron chi connectivity index (χ1n) is 7.49. The second-order valence-electron chi connectivity index (χ2n) is 5.66. The predicted octanol–water partition coefficient (Wildman–Crippen LogP) is 3.80. The molecule has 0 saturated heterocycles. The molecule has 24 heavy (non-hydrogen) atoms. The molecule has 0 spiro atoms. The van der Waals surface area contributed by atoms with E-state index in [0.29, 0.717) is 0 Å². The van der Waals surface area contributed by atoms with Crippen molar-refractivity contribution in [2.45, 2.75) is 25.5 Å². The van der Waals surface area contributed by atoms with Gasteiger partial charge in [0.1, 0.15) is 11.6 Å². The second kappa shape index (κ2) is 6.73. The number of benzene rings is 2. The van der Waals surface area contributed by atoms with E-state index in [1.165, 1.54) is 12.1 Å². The molecule has 1 amide bonds. The lowest BCUT2D eigenvalue weighted by atomic mass is 9.99. The lowest BCUT2D eigenvalue weighted by Crippen LogP contribution is -2.42. The summed E-state index contributed by atoms with van der Waals surface area (Å²) in [5, 5.41) is 2.84. The van der Waals surface area contributed by atoms with Crippen molar-refractivity contribution in [3.05, 3.63) is 63.9 Å². The summed E-state index contributed by atoms with van der Waals surface area (Å²) in [5.74, 6) is -0.928. The van der Waals surface area contributed by atoms with Gasteiger partial charge in [-0.25, -0.2) is 4.39 Å². The number of amides is 1. The van der Waals surface area contributed by atoms with Crippen LogP contribution in [0, 0.1) is 5.82 Å². The van der Waals surface area contributed by atoms with Crippen molar-refractivity contribution in [3.63, 3.8) is 0 Å². The maximum absolute atomic E-state index is 13.2. The Bertz CT molecular complexity index is 791. The Morgan fingerprint density at radius 1 is 1.29 bits per heavy atom. The molecule has 1 N–H and O–H groups in total. The Morgan fingerprint density at radius 2 is 2.00 bits per heavy atom. The number of ether oxygens (including phenoxy) is 1. The molecule has 1 unspecified atom stereocenters. The Kier molecular flexibility index (Phi) is 4.66. The summed E-state index contributed by atoms with van der Waals surface area (Å²) in [5.41, 5.74) is 1.12. The van der Waals surface area contributed by atoms with E-state index in [2.05, 4.69) is 21.2 Å². The third-order valence-electron chi connectivity index (χ3n) is 3.90. The fourth-order valence-corrected chi connectivity index (χ4v) is 2.85. The zero-order valence-electron chi connectivity index (χ0n) is 12.9. The highest BCUT2D eigenvalue weighted by Crippen LogP contribution is 2.28. The van der Waals surface area contributed by atoms with E-state index in [-0.39, 0.29) is 35.5 Å². The smallest absolute Gasteiger partial charge is 0.262 e. The Balaban J connectivity index is 1.71. The van der Waals surface area contributed by atoms with Gasteiger partial charge >= 0.3 is 0 Å². The van der Waals surface area contributed by atoms with Gasteiger partial charge in [-0.2, -0.15) is 0 Å². The highest BCUT2D eigenvalue weighted by Gasteiger charge is 2.32. The van der Waals surface area contributed by atoms with Crippen LogP contribution in [0.15, 0.2) is 46.9 Å². The quantitative estimate of drug-likeness (QED) is 0.865. The van der Waals surface area contributed by atoms with Crippen LogP contribution in [-0.4, -0.2) is 17.8 Å². The van der Waals surface area contributed by atoms with Gasteiger partial charge in [0.25, 0.3) is 5.91 Å². The number of Topliss-reactive ketones (excluding diaryl/α,β-unsaturated/α-hetero) is 1. The normalized spacial score (nSPS) is 17.6. The molecule has 0 bridgehead atoms. The third-order valence-corrected chi connectivity index (χ3v) is 4.43. The lowest BCUT2D eigenvalue weighted by Gasteiger charge is -2.26. The molecule has 2 aromatic rings. The van der Waals surface area contributed by atoms with Gasteiger partial charge in [-0.15, -0.1) is 0 Å². The lowest BCUT2D eigenvalue weighted by molar-refractivity contribution is -0.128. The van der Waals surface area contributed by atoms with Crippen LogP contribution in [0.25, 0.3) is 0 Å². The number of ketones is 1. The first kappa shape index (κ1) is 16.6. The average Bonchev–Trinajstić information content (AvgIpc) is 2.55. The molecule has 1 aliphatic heterocycles. The first-order valence-corrected chi connectivity index (χ1v) is 8.28. The van der Waals surface area contributed by atoms with Crippen LogP contribution in [-0.2, 0) is 4.79 Å². The van der Waals surface area contributed by atoms with Crippen LogP contribution in [0.3, 0.4) is 0 Å². The molecule has 124 valence electrons. The van der Waals surface area contributed by atoms with Crippen LogP contribution in [0.4, 0.5) is 4.39 Å². The number of halogens is 2. The van der Waals surface area contributed by atoms with E-state index in [9.17, 15) is 14.0 Å². The maximum atomic E-state index is 13.2. The zero-order chi connectivity index (χ0) is 17.3. The minimum absolute atomic E-state index is 0.102. The highest BCUT2D eigenvalue weighted by molar-refractivity contribution is 9.10. The molecule has 2 aromatic carbocycles. The second-order valence-corrected chi connectivity index (χ2v) is 6.57. The topological polar surface area (TPSA) is 55.4 Å². The monoisotopic (exact) mass is 391 g/mol. The van der Waals surface area contributed by atoms with Gasteiger partial charge in [0.15, 0.2) is 11.9 Å². The van der Waals surface area contributed by atoms with E-state index in [4.69, 9.17) is 4.74 Å². The van der Waals surface area contributed by atoms with Gasteiger partial charge in [0.05, 0.1) is 18.0 Å². The number of rotatable bonds is 3. The van der Waals surface area contributed by atoms with Gasteiger partial charge in [-0.1, -0.05) is 28.1 Å². The van der Waals surface area contributed by atoms with Crippen molar-refractivity contribution in [1.29, 1.82) is 0 Å². The highest BCUT2D eigenvalue weighted by atomic mass is 79.9. The molecule has 4 nitrogen and oxygen atoms in total. The van der Waals surface area contributed by atoms with Gasteiger partial charge in [0.2, 0.25) is 0 Å². The van der Waals surface area contributed by atoms with Crippen LogP contribution >= 0.6 is 15.9 Å². The van der Waals surface area contributed by atoms with Crippen molar-refractivity contribution in [3.8, 4) is 5.75 Å². The van der Waals surface area contributed by atoms with E-state index in [0.717, 1.165) is 16.1 Å². The summed E-state index contributed by atoms with van der Waals surface area (Å²) < 4.78 is 19.7. The number of hydrogen-bond acceptors (Lipinski definition) is 3. The zero-order valence-corrected chi connectivity index (χ0v) is 14.5. The van der Waals surface area contributed by atoms with Crippen molar-refractivity contribution in [1.82, 2.24) is 5.32 Å². The fraction of sp³-hybridized carbons (Fsp3) is 0.222. The molecule has 6 heteroatoms. The number of fused-ring (bicyclic) bond motifs is 1. The number of carbonyl (C=O) groups is 2. The van der Waals surface area contributed by atoms with Crippen molar-refractivity contribution < 1.29 is 18.7 Å². The Morgan fingerprint density at radius 3 is 2.71 bits per heavy atom. The molecule has 0 radical (unpaired) electrons. The van der Waals surface area contributed by atoms with Crippen molar-refractivity contribution >= 4 is 27.6 Å². The molecule has 0 fully saturated rings.